The molecule has 23 heavy (non-hydrogen) atoms. The minimum absolute atomic E-state index is 0.0556. The fourth-order valence-corrected chi connectivity index (χ4v) is 4.39. The first-order valence-electron chi connectivity index (χ1n) is 8.49. The zero-order valence-electron chi connectivity index (χ0n) is 13.9. The van der Waals surface area contributed by atoms with E-state index in [1.807, 2.05) is 12.1 Å². The molecule has 1 saturated carbocycles. The van der Waals surface area contributed by atoms with Crippen molar-refractivity contribution in [1.82, 2.24) is 4.57 Å². The lowest BCUT2D eigenvalue weighted by molar-refractivity contribution is -0.122. The van der Waals surface area contributed by atoms with Crippen molar-refractivity contribution in [2.75, 3.05) is 7.11 Å². The van der Waals surface area contributed by atoms with Gasteiger partial charge in [-0.2, -0.15) is 4.99 Å². The summed E-state index contributed by atoms with van der Waals surface area (Å²) in [6, 6.07) is 6.02. The van der Waals surface area contributed by atoms with Crippen LogP contribution in [0, 0.1) is 5.92 Å². The normalized spacial score (nSPS) is 16.9. The molecule has 0 saturated heterocycles. The minimum atomic E-state index is 0.0556. The number of rotatable bonds is 4. The van der Waals surface area contributed by atoms with Crippen molar-refractivity contribution >= 4 is 27.5 Å². The summed E-state index contributed by atoms with van der Waals surface area (Å²) in [7, 11) is 1.69. The number of carbonyl (C=O) groups excluding carboxylic acids is 1. The molecular formula is C18H24N2O2S. The van der Waals surface area contributed by atoms with Gasteiger partial charge < -0.3 is 9.30 Å². The maximum atomic E-state index is 12.6. The number of carbonyl (C=O) groups is 1. The maximum absolute atomic E-state index is 12.6. The Balaban J connectivity index is 2.07. The Morgan fingerprint density at radius 3 is 2.83 bits per heavy atom. The molecule has 0 aliphatic heterocycles. The largest absolute Gasteiger partial charge is 0.495 e. The fraction of sp³-hybridized carbons (Fsp3) is 0.556. The van der Waals surface area contributed by atoms with E-state index in [2.05, 4.69) is 22.5 Å². The number of nitrogens with zero attached hydrogens (tertiary/aromatic N) is 2. The van der Waals surface area contributed by atoms with Gasteiger partial charge in [0.05, 0.1) is 11.8 Å². The summed E-state index contributed by atoms with van der Waals surface area (Å²) < 4.78 is 8.77. The smallest absolute Gasteiger partial charge is 0.251 e. The van der Waals surface area contributed by atoms with Crippen LogP contribution in [-0.2, 0) is 11.3 Å². The van der Waals surface area contributed by atoms with E-state index in [9.17, 15) is 4.79 Å². The molecule has 1 amide bonds. The first-order valence-corrected chi connectivity index (χ1v) is 9.31. The number of hydrogen-bond acceptors (Lipinski definition) is 3. The highest BCUT2D eigenvalue weighted by molar-refractivity contribution is 7.16. The summed E-state index contributed by atoms with van der Waals surface area (Å²) in [5.41, 5.74) is 1.05. The number of ether oxygens (including phenoxy) is 1. The maximum Gasteiger partial charge on any atom is 0.251 e. The molecule has 2 aromatic rings. The molecule has 0 spiro atoms. The van der Waals surface area contributed by atoms with E-state index in [1.165, 1.54) is 6.42 Å². The van der Waals surface area contributed by atoms with Gasteiger partial charge in [0.15, 0.2) is 4.80 Å². The molecule has 1 aromatic heterocycles. The van der Waals surface area contributed by atoms with E-state index in [1.54, 1.807) is 18.4 Å². The van der Waals surface area contributed by atoms with E-state index < -0.39 is 0 Å². The van der Waals surface area contributed by atoms with Crippen LogP contribution in [0.3, 0.4) is 0 Å². The molecule has 0 unspecified atom stereocenters. The average molecular weight is 332 g/mol. The molecule has 1 aliphatic carbocycles. The number of thiazole rings is 1. The lowest BCUT2D eigenvalue weighted by Gasteiger charge is -2.17. The predicted octanol–water partition coefficient (Wildman–Crippen LogP) is 4.13. The van der Waals surface area contributed by atoms with E-state index in [-0.39, 0.29) is 11.8 Å². The lowest BCUT2D eigenvalue weighted by atomic mass is 9.89. The highest BCUT2D eigenvalue weighted by atomic mass is 32.1. The van der Waals surface area contributed by atoms with Crippen LogP contribution in [0.5, 0.6) is 5.75 Å². The van der Waals surface area contributed by atoms with Crippen LogP contribution >= 0.6 is 11.3 Å². The Hall–Kier alpha value is -1.62. The van der Waals surface area contributed by atoms with Gasteiger partial charge in [0.2, 0.25) is 0 Å². The zero-order chi connectivity index (χ0) is 16.2. The van der Waals surface area contributed by atoms with Gasteiger partial charge in [0, 0.05) is 12.5 Å². The number of fused-ring (bicyclic) bond motifs is 1. The van der Waals surface area contributed by atoms with Crippen LogP contribution < -0.4 is 9.54 Å². The SMILES string of the molecule is CCCn1c(=NC(=O)C2CCCCC2)sc2cccc(OC)c21. The zero-order valence-corrected chi connectivity index (χ0v) is 14.7. The average Bonchev–Trinajstić information content (AvgIpc) is 2.93. The third kappa shape index (κ3) is 3.34. The van der Waals surface area contributed by atoms with Gasteiger partial charge in [-0.1, -0.05) is 43.6 Å². The van der Waals surface area contributed by atoms with Crippen molar-refractivity contribution in [1.29, 1.82) is 0 Å². The summed E-state index contributed by atoms with van der Waals surface area (Å²) in [5, 5.41) is 0. The highest BCUT2D eigenvalue weighted by Crippen LogP contribution is 2.28. The number of hydrogen-bond donors (Lipinski definition) is 0. The number of benzene rings is 1. The van der Waals surface area contributed by atoms with Gasteiger partial charge in [-0.25, -0.2) is 0 Å². The van der Waals surface area contributed by atoms with Crippen molar-refractivity contribution < 1.29 is 9.53 Å². The van der Waals surface area contributed by atoms with Crippen LogP contribution in [0.15, 0.2) is 23.2 Å². The van der Waals surface area contributed by atoms with Gasteiger partial charge in [0.25, 0.3) is 5.91 Å². The standard InChI is InChI=1S/C18H24N2O2S/c1-3-12-20-16-14(22-2)10-7-11-15(16)23-18(20)19-17(21)13-8-5-4-6-9-13/h7,10-11,13H,3-6,8-9,12H2,1-2H3. The second-order valence-electron chi connectivity index (χ2n) is 6.13. The summed E-state index contributed by atoms with van der Waals surface area (Å²) >= 11 is 1.58. The predicted molar refractivity (Wildman–Crippen MR) is 93.8 cm³/mol. The molecule has 1 heterocycles. The first kappa shape index (κ1) is 16.2. The van der Waals surface area contributed by atoms with Gasteiger partial charge in [-0.05, 0) is 31.4 Å². The number of aryl methyl sites for hydroxylation is 1. The molecule has 1 aromatic carbocycles. The van der Waals surface area contributed by atoms with Crippen molar-refractivity contribution in [3.05, 3.63) is 23.0 Å². The lowest BCUT2D eigenvalue weighted by Crippen LogP contribution is -2.22. The quantitative estimate of drug-likeness (QED) is 0.845. The molecular weight excluding hydrogens is 308 g/mol. The van der Waals surface area contributed by atoms with E-state index in [4.69, 9.17) is 4.74 Å². The monoisotopic (exact) mass is 332 g/mol. The van der Waals surface area contributed by atoms with Gasteiger partial charge in [-0.15, -0.1) is 0 Å². The van der Waals surface area contributed by atoms with Crippen molar-refractivity contribution in [2.45, 2.75) is 52.0 Å². The number of para-hydroxylation sites is 1. The molecule has 124 valence electrons. The summed E-state index contributed by atoms with van der Waals surface area (Å²) in [5.74, 6) is 1.02. The summed E-state index contributed by atoms with van der Waals surface area (Å²) in [6.45, 7) is 2.98. The van der Waals surface area contributed by atoms with E-state index in [0.29, 0.717) is 0 Å². The van der Waals surface area contributed by atoms with Crippen LogP contribution in [0.2, 0.25) is 0 Å². The fourth-order valence-electron chi connectivity index (χ4n) is 3.31. The van der Waals surface area contributed by atoms with E-state index in [0.717, 1.165) is 59.4 Å². The molecule has 1 fully saturated rings. The second kappa shape index (κ2) is 7.30. The van der Waals surface area contributed by atoms with Crippen molar-refractivity contribution in [3.63, 3.8) is 0 Å². The van der Waals surface area contributed by atoms with Gasteiger partial charge in [0.1, 0.15) is 11.3 Å². The number of methoxy groups -OCH3 is 1. The molecule has 1 aliphatic rings. The Morgan fingerprint density at radius 2 is 2.13 bits per heavy atom. The van der Waals surface area contributed by atoms with Crippen LogP contribution in [-0.4, -0.2) is 17.6 Å². The Morgan fingerprint density at radius 1 is 1.35 bits per heavy atom. The van der Waals surface area contributed by atoms with E-state index >= 15 is 0 Å². The highest BCUT2D eigenvalue weighted by Gasteiger charge is 2.21. The van der Waals surface area contributed by atoms with Crippen molar-refractivity contribution in [3.8, 4) is 5.75 Å². The molecule has 0 bridgehead atoms. The Kier molecular flexibility index (Phi) is 5.16. The Bertz CT molecular complexity index is 754. The molecule has 5 heteroatoms. The third-order valence-electron chi connectivity index (χ3n) is 4.49. The van der Waals surface area contributed by atoms with Crippen LogP contribution in [0.1, 0.15) is 45.4 Å². The van der Waals surface area contributed by atoms with Crippen LogP contribution in [0.4, 0.5) is 0 Å². The van der Waals surface area contributed by atoms with Crippen molar-refractivity contribution in [2.24, 2.45) is 10.9 Å². The topological polar surface area (TPSA) is 43.6 Å². The minimum Gasteiger partial charge on any atom is -0.495 e. The summed E-state index contributed by atoms with van der Waals surface area (Å²) in [6.07, 6.45) is 6.53. The molecule has 0 N–H and O–H groups in total. The molecule has 3 rings (SSSR count). The Labute approximate surface area is 140 Å². The molecule has 4 nitrogen and oxygen atoms in total. The van der Waals surface area contributed by atoms with Gasteiger partial charge in [-0.3, -0.25) is 4.79 Å². The van der Waals surface area contributed by atoms with Crippen LogP contribution in [0.25, 0.3) is 10.2 Å². The molecule has 0 atom stereocenters. The van der Waals surface area contributed by atoms with Gasteiger partial charge >= 0.3 is 0 Å². The second-order valence-corrected chi connectivity index (χ2v) is 7.14. The first-order chi connectivity index (χ1) is 11.2. The number of aromatic nitrogens is 1. The molecule has 0 radical (unpaired) electrons. The third-order valence-corrected chi connectivity index (χ3v) is 5.54. The summed E-state index contributed by atoms with van der Waals surface area (Å²) in [4.78, 5) is 17.9. The number of amides is 1.